The molecule has 12 heteroatoms. The molecule has 0 saturated carbocycles. The van der Waals surface area contributed by atoms with E-state index in [1.165, 1.54) is 0 Å². The normalized spacial score (nSPS) is 12.5. The Bertz CT molecular complexity index is 1250. The predicted molar refractivity (Wildman–Crippen MR) is 110 cm³/mol. The topological polar surface area (TPSA) is 138 Å². The zero-order valence-electron chi connectivity index (χ0n) is 15.8. The summed E-state index contributed by atoms with van der Waals surface area (Å²) >= 11 is 0.810. The third-order valence-corrected chi connectivity index (χ3v) is 7.57. The number of hydrogen-bond acceptors (Lipinski definition) is 9. The van der Waals surface area contributed by atoms with E-state index in [9.17, 15) is 23.3 Å². The van der Waals surface area contributed by atoms with Gasteiger partial charge in [-0.3, -0.25) is 14.9 Å². The summed E-state index contributed by atoms with van der Waals surface area (Å²) in [5.41, 5.74) is 0.693. The molecule has 0 bridgehead atoms. The van der Waals surface area contributed by atoms with Crippen LogP contribution in [-0.4, -0.2) is 31.0 Å². The number of aryl methyl sites for hydroxylation is 1. The SMILES string of the molecule is O=C(CCc1ccc2c(c1)OCO2)Nc1ncc(S(=O)(=O)c2ccc([N+](=O)[O-])cc2)s1. The Hall–Kier alpha value is -3.51. The highest BCUT2D eigenvalue weighted by Crippen LogP contribution is 2.33. The Kier molecular flexibility index (Phi) is 5.57. The van der Waals surface area contributed by atoms with Crippen LogP contribution in [0.2, 0.25) is 0 Å². The molecule has 0 atom stereocenters. The molecule has 2 heterocycles. The van der Waals surface area contributed by atoms with Gasteiger partial charge in [-0.2, -0.15) is 0 Å². The van der Waals surface area contributed by atoms with Gasteiger partial charge in [0.2, 0.25) is 22.5 Å². The van der Waals surface area contributed by atoms with E-state index in [4.69, 9.17) is 9.47 Å². The maximum Gasteiger partial charge on any atom is 0.269 e. The molecule has 1 aromatic heterocycles. The molecule has 0 radical (unpaired) electrons. The zero-order valence-corrected chi connectivity index (χ0v) is 17.4. The summed E-state index contributed by atoms with van der Waals surface area (Å²) in [7, 11) is -3.90. The quantitative estimate of drug-likeness (QED) is 0.418. The Morgan fingerprint density at radius 3 is 2.65 bits per heavy atom. The van der Waals surface area contributed by atoms with Gasteiger partial charge in [-0.05, 0) is 36.2 Å². The number of fused-ring (bicyclic) bond motifs is 1. The minimum Gasteiger partial charge on any atom is -0.454 e. The van der Waals surface area contributed by atoms with E-state index in [1.807, 2.05) is 12.1 Å². The minimum atomic E-state index is -3.90. The first-order valence-corrected chi connectivity index (χ1v) is 11.3. The van der Waals surface area contributed by atoms with E-state index in [0.717, 1.165) is 47.4 Å². The van der Waals surface area contributed by atoms with E-state index in [-0.39, 0.29) is 39.0 Å². The molecule has 31 heavy (non-hydrogen) atoms. The summed E-state index contributed by atoms with van der Waals surface area (Å²) in [6, 6.07) is 10.0. The maximum atomic E-state index is 12.7. The summed E-state index contributed by atoms with van der Waals surface area (Å²) in [5, 5.41) is 13.5. The summed E-state index contributed by atoms with van der Waals surface area (Å²) in [5.74, 6) is 0.989. The highest BCUT2D eigenvalue weighted by Gasteiger charge is 2.22. The molecular weight excluding hydrogens is 446 g/mol. The fourth-order valence-corrected chi connectivity index (χ4v) is 5.29. The van der Waals surface area contributed by atoms with Gasteiger partial charge in [0.05, 0.1) is 16.0 Å². The van der Waals surface area contributed by atoms with Crippen molar-refractivity contribution in [3.8, 4) is 11.5 Å². The van der Waals surface area contributed by atoms with Gasteiger partial charge < -0.3 is 14.8 Å². The van der Waals surface area contributed by atoms with Gasteiger partial charge >= 0.3 is 0 Å². The lowest BCUT2D eigenvalue weighted by Gasteiger charge is -2.04. The predicted octanol–water partition coefficient (Wildman–Crippen LogP) is 3.18. The van der Waals surface area contributed by atoms with Gasteiger partial charge in [0.25, 0.3) is 5.69 Å². The Morgan fingerprint density at radius 2 is 1.90 bits per heavy atom. The molecule has 0 aliphatic carbocycles. The number of ether oxygens (including phenoxy) is 2. The lowest BCUT2D eigenvalue weighted by atomic mass is 10.1. The summed E-state index contributed by atoms with van der Waals surface area (Å²) < 4.78 is 35.8. The number of benzene rings is 2. The third-order valence-electron chi connectivity index (χ3n) is 4.43. The van der Waals surface area contributed by atoms with Crippen molar-refractivity contribution in [2.75, 3.05) is 12.1 Å². The number of hydrogen-bond donors (Lipinski definition) is 1. The molecule has 1 amide bonds. The van der Waals surface area contributed by atoms with Crippen molar-refractivity contribution in [3.63, 3.8) is 0 Å². The highest BCUT2D eigenvalue weighted by molar-refractivity contribution is 7.93. The second kappa shape index (κ2) is 8.32. The molecule has 160 valence electrons. The van der Waals surface area contributed by atoms with Crippen LogP contribution in [0.1, 0.15) is 12.0 Å². The second-order valence-corrected chi connectivity index (χ2v) is 9.68. The maximum absolute atomic E-state index is 12.7. The number of sulfone groups is 1. The Labute approximate surface area is 180 Å². The smallest absolute Gasteiger partial charge is 0.269 e. The summed E-state index contributed by atoms with van der Waals surface area (Å²) in [6.07, 6.45) is 1.78. The van der Waals surface area contributed by atoms with Crippen LogP contribution >= 0.6 is 11.3 Å². The standard InChI is InChI=1S/C19H15N3O7S2/c23-17(8-2-12-1-7-15-16(9-12)29-11-28-15)21-19-20-10-18(30-19)31(26,27)14-5-3-13(4-6-14)22(24)25/h1,3-7,9-10H,2,8,11H2,(H,20,21,23). The molecule has 1 aliphatic rings. The minimum absolute atomic E-state index is 0.0765. The zero-order chi connectivity index (χ0) is 22.0. The number of nitrogens with one attached hydrogen (secondary N) is 1. The number of carbonyl (C=O) groups excluding carboxylic acids is 1. The number of anilines is 1. The van der Waals surface area contributed by atoms with Crippen LogP contribution < -0.4 is 14.8 Å². The van der Waals surface area contributed by atoms with E-state index in [0.29, 0.717) is 17.9 Å². The van der Waals surface area contributed by atoms with E-state index < -0.39 is 14.8 Å². The first-order valence-electron chi connectivity index (χ1n) is 8.97. The number of non-ortho nitro benzene ring substituents is 1. The molecule has 4 rings (SSSR count). The number of nitrogens with zero attached hydrogens (tertiary/aromatic N) is 2. The fraction of sp³-hybridized carbons (Fsp3) is 0.158. The molecule has 0 saturated heterocycles. The number of aromatic nitrogens is 1. The fourth-order valence-electron chi connectivity index (χ4n) is 2.84. The van der Waals surface area contributed by atoms with Gasteiger partial charge in [-0.25, -0.2) is 13.4 Å². The van der Waals surface area contributed by atoms with E-state index >= 15 is 0 Å². The number of amides is 1. The molecule has 2 aromatic carbocycles. The molecule has 3 aromatic rings. The van der Waals surface area contributed by atoms with Crippen LogP contribution in [0.25, 0.3) is 0 Å². The average molecular weight is 461 g/mol. The van der Waals surface area contributed by atoms with Crippen molar-refractivity contribution >= 4 is 37.9 Å². The third kappa shape index (κ3) is 4.49. The lowest BCUT2D eigenvalue weighted by molar-refractivity contribution is -0.384. The number of nitro benzene ring substituents is 1. The van der Waals surface area contributed by atoms with E-state index in [2.05, 4.69) is 10.3 Å². The van der Waals surface area contributed by atoms with Crippen molar-refractivity contribution in [2.24, 2.45) is 0 Å². The Morgan fingerprint density at radius 1 is 1.16 bits per heavy atom. The van der Waals surface area contributed by atoms with Crippen LogP contribution in [-0.2, 0) is 21.1 Å². The van der Waals surface area contributed by atoms with Crippen LogP contribution in [0.15, 0.2) is 57.8 Å². The van der Waals surface area contributed by atoms with Crippen molar-refractivity contribution in [3.05, 3.63) is 64.3 Å². The number of rotatable bonds is 7. The van der Waals surface area contributed by atoms with Crippen LogP contribution in [0.5, 0.6) is 11.5 Å². The van der Waals surface area contributed by atoms with Gasteiger partial charge in [-0.15, -0.1) is 0 Å². The molecule has 0 fully saturated rings. The van der Waals surface area contributed by atoms with Crippen molar-refractivity contribution in [2.45, 2.75) is 21.9 Å². The molecule has 0 unspecified atom stereocenters. The van der Waals surface area contributed by atoms with Gasteiger partial charge in [-0.1, -0.05) is 17.4 Å². The first kappa shape index (κ1) is 20.8. The average Bonchev–Trinajstić information content (AvgIpc) is 3.41. The van der Waals surface area contributed by atoms with Gasteiger partial charge in [0.1, 0.15) is 4.21 Å². The van der Waals surface area contributed by atoms with Crippen LogP contribution in [0, 0.1) is 10.1 Å². The van der Waals surface area contributed by atoms with Crippen molar-refractivity contribution in [1.29, 1.82) is 0 Å². The molecule has 0 spiro atoms. The van der Waals surface area contributed by atoms with Crippen LogP contribution in [0.3, 0.4) is 0 Å². The number of carbonyl (C=O) groups is 1. The van der Waals surface area contributed by atoms with Gasteiger partial charge in [0.15, 0.2) is 16.6 Å². The summed E-state index contributed by atoms with van der Waals surface area (Å²) in [4.78, 5) is 26.2. The summed E-state index contributed by atoms with van der Waals surface area (Å²) in [6.45, 7) is 0.175. The van der Waals surface area contributed by atoms with E-state index in [1.54, 1.807) is 6.07 Å². The molecule has 1 aliphatic heterocycles. The molecule has 1 N–H and O–H groups in total. The Balaban J connectivity index is 1.39. The molecule has 10 nitrogen and oxygen atoms in total. The van der Waals surface area contributed by atoms with Crippen molar-refractivity contribution in [1.82, 2.24) is 4.98 Å². The lowest BCUT2D eigenvalue weighted by Crippen LogP contribution is -2.12. The van der Waals surface area contributed by atoms with Crippen LogP contribution in [0.4, 0.5) is 10.8 Å². The highest BCUT2D eigenvalue weighted by atomic mass is 32.2. The first-order chi connectivity index (χ1) is 14.8. The monoisotopic (exact) mass is 461 g/mol. The number of thiazole rings is 1. The largest absolute Gasteiger partial charge is 0.454 e. The number of nitro groups is 1. The second-order valence-electron chi connectivity index (χ2n) is 6.47. The molecular formula is C19H15N3O7S2. The van der Waals surface area contributed by atoms with Crippen molar-refractivity contribution < 1.29 is 27.6 Å². The van der Waals surface area contributed by atoms with Gasteiger partial charge in [0, 0.05) is 18.6 Å².